The second-order valence-electron chi connectivity index (χ2n) is 7.66. The van der Waals surface area contributed by atoms with E-state index >= 15 is 0 Å². The van der Waals surface area contributed by atoms with Crippen LogP contribution in [0.2, 0.25) is 0 Å². The van der Waals surface area contributed by atoms with Gasteiger partial charge in [0.25, 0.3) is 11.5 Å². The average molecular weight is 445 g/mol. The molecule has 0 aliphatic rings. The Morgan fingerprint density at radius 2 is 1.67 bits per heavy atom. The maximum atomic E-state index is 13.0. The highest BCUT2D eigenvalue weighted by molar-refractivity contribution is 6.02. The third-order valence-corrected chi connectivity index (χ3v) is 5.58. The molecular formula is C25H23N3O5. The molecule has 0 saturated heterocycles. The second-order valence-corrected chi connectivity index (χ2v) is 7.66. The largest absolute Gasteiger partial charge is 0.506 e. The van der Waals surface area contributed by atoms with Crippen molar-refractivity contribution < 1.29 is 19.4 Å². The van der Waals surface area contributed by atoms with Crippen molar-refractivity contribution in [1.82, 2.24) is 9.36 Å². The lowest BCUT2D eigenvalue weighted by Crippen LogP contribution is -2.32. The van der Waals surface area contributed by atoms with Crippen LogP contribution in [0.1, 0.15) is 23.0 Å². The number of amides is 1. The molecule has 1 amide bonds. The number of hydrogen-bond acceptors (Lipinski definition) is 5. The number of anilines is 1. The first-order valence-corrected chi connectivity index (χ1v) is 10.4. The number of para-hydroxylation sites is 1. The Morgan fingerprint density at radius 3 is 2.39 bits per heavy atom. The van der Waals surface area contributed by atoms with E-state index in [2.05, 4.69) is 5.32 Å². The van der Waals surface area contributed by atoms with E-state index in [-0.39, 0.29) is 17.0 Å². The van der Waals surface area contributed by atoms with Crippen LogP contribution < -0.4 is 10.9 Å². The molecule has 1 aromatic heterocycles. The van der Waals surface area contributed by atoms with E-state index in [0.717, 1.165) is 5.39 Å². The Kier molecular flexibility index (Phi) is 5.74. The molecule has 0 spiro atoms. The zero-order valence-corrected chi connectivity index (χ0v) is 18.4. The molecule has 8 heteroatoms. The predicted octanol–water partition coefficient (Wildman–Crippen LogP) is 3.53. The summed E-state index contributed by atoms with van der Waals surface area (Å²) in [6, 6.07) is 19.2. The van der Waals surface area contributed by atoms with Gasteiger partial charge in [0.05, 0.1) is 11.4 Å². The van der Waals surface area contributed by atoms with Gasteiger partial charge in [-0.05, 0) is 37.4 Å². The monoisotopic (exact) mass is 445 g/mol. The van der Waals surface area contributed by atoms with Gasteiger partial charge < -0.3 is 15.2 Å². The highest BCUT2D eigenvalue weighted by atomic mass is 16.5. The number of carbonyl (C=O) groups is 2. The van der Waals surface area contributed by atoms with Gasteiger partial charge in [0.15, 0.2) is 6.10 Å². The van der Waals surface area contributed by atoms with Crippen molar-refractivity contribution >= 4 is 28.3 Å². The van der Waals surface area contributed by atoms with Crippen molar-refractivity contribution in [3.05, 3.63) is 88.3 Å². The first-order valence-electron chi connectivity index (χ1n) is 10.4. The summed E-state index contributed by atoms with van der Waals surface area (Å²) in [6.45, 7) is 3.11. The summed E-state index contributed by atoms with van der Waals surface area (Å²) in [5.74, 6) is -1.71. The lowest BCUT2D eigenvalue weighted by atomic mass is 10.1. The number of aromatic hydroxyl groups is 1. The van der Waals surface area contributed by atoms with Crippen LogP contribution >= 0.6 is 0 Å². The van der Waals surface area contributed by atoms with Gasteiger partial charge in [-0.2, -0.15) is 0 Å². The molecule has 168 valence electrons. The number of phenolic OH excluding ortho intramolecular Hbond substituents is 1. The molecule has 0 aliphatic heterocycles. The number of fused-ring (bicyclic) bond motifs is 1. The van der Waals surface area contributed by atoms with Crippen molar-refractivity contribution in [2.75, 3.05) is 5.32 Å². The summed E-state index contributed by atoms with van der Waals surface area (Å²) in [6.07, 6.45) is -1.20. The molecule has 33 heavy (non-hydrogen) atoms. The van der Waals surface area contributed by atoms with Crippen LogP contribution in [0.3, 0.4) is 0 Å². The standard InChI is InChI=1S/C25H23N3O5/c1-15-21(24(31)28(27(15)3)18-10-5-4-6-11-18)26-23(30)16(2)33-25(32)20-14-13-17-9-7-8-12-19(17)22(20)29/h4-14,16,29H,1-3H3,(H,26,30)/t16-/m0/s1. The molecule has 0 aliphatic carbocycles. The highest BCUT2D eigenvalue weighted by Gasteiger charge is 2.25. The molecule has 4 rings (SSSR count). The Labute approximate surface area is 189 Å². The fourth-order valence-corrected chi connectivity index (χ4v) is 3.63. The van der Waals surface area contributed by atoms with Gasteiger partial charge in [-0.15, -0.1) is 0 Å². The van der Waals surface area contributed by atoms with Gasteiger partial charge in [-0.3, -0.25) is 14.3 Å². The number of carbonyl (C=O) groups excluding carboxylic acids is 2. The Hall–Kier alpha value is -4.33. The minimum absolute atomic E-state index is 0.0457. The summed E-state index contributed by atoms with van der Waals surface area (Å²) < 4.78 is 8.35. The molecule has 1 atom stereocenters. The number of nitrogens with zero attached hydrogens (tertiary/aromatic N) is 2. The maximum absolute atomic E-state index is 13.0. The molecule has 0 unspecified atom stereocenters. The lowest BCUT2D eigenvalue weighted by Gasteiger charge is -2.14. The van der Waals surface area contributed by atoms with E-state index in [1.165, 1.54) is 17.7 Å². The van der Waals surface area contributed by atoms with Crippen LogP contribution in [0.15, 0.2) is 71.5 Å². The van der Waals surface area contributed by atoms with E-state index in [1.807, 2.05) is 30.3 Å². The first-order chi connectivity index (χ1) is 15.8. The van der Waals surface area contributed by atoms with Crippen LogP contribution in [-0.4, -0.2) is 32.5 Å². The SMILES string of the molecule is Cc1c(NC(=O)[C@H](C)OC(=O)c2ccc3ccccc3c2O)c(=O)n(-c2ccccc2)n1C. The third kappa shape index (κ3) is 3.98. The minimum Gasteiger partial charge on any atom is -0.506 e. The highest BCUT2D eigenvalue weighted by Crippen LogP contribution is 2.29. The van der Waals surface area contributed by atoms with Crippen molar-refractivity contribution in [3.8, 4) is 11.4 Å². The molecule has 0 fully saturated rings. The molecule has 3 aromatic carbocycles. The van der Waals surface area contributed by atoms with Crippen molar-refractivity contribution in [1.29, 1.82) is 0 Å². The first kappa shape index (κ1) is 21.9. The van der Waals surface area contributed by atoms with Crippen LogP contribution in [0, 0.1) is 6.92 Å². The maximum Gasteiger partial charge on any atom is 0.342 e. The summed E-state index contributed by atoms with van der Waals surface area (Å²) in [4.78, 5) is 38.3. The molecular weight excluding hydrogens is 422 g/mol. The van der Waals surface area contributed by atoms with Gasteiger partial charge in [-0.25, -0.2) is 9.48 Å². The molecule has 0 bridgehead atoms. The van der Waals surface area contributed by atoms with Crippen LogP contribution in [0.4, 0.5) is 5.69 Å². The number of aromatic nitrogens is 2. The van der Waals surface area contributed by atoms with Gasteiger partial charge in [0.1, 0.15) is 17.0 Å². The van der Waals surface area contributed by atoms with Crippen molar-refractivity contribution in [2.24, 2.45) is 7.05 Å². The topological polar surface area (TPSA) is 103 Å². The molecule has 1 heterocycles. The average Bonchev–Trinajstić information content (AvgIpc) is 3.02. The summed E-state index contributed by atoms with van der Waals surface area (Å²) >= 11 is 0. The fourth-order valence-electron chi connectivity index (χ4n) is 3.63. The number of nitrogens with one attached hydrogen (secondary N) is 1. The lowest BCUT2D eigenvalue weighted by molar-refractivity contribution is -0.123. The van der Waals surface area contributed by atoms with E-state index < -0.39 is 23.5 Å². The number of rotatable bonds is 5. The number of esters is 1. The van der Waals surface area contributed by atoms with Crippen LogP contribution in [0.25, 0.3) is 16.5 Å². The van der Waals surface area contributed by atoms with E-state index in [1.54, 1.807) is 49.0 Å². The van der Waals surface area contributed by atoms with Gasteiger partial charge >= 0.3 is 5.97 Å². The normalized spacial score (nSPS) is 11.8. The quantitative estimate of drug-likeness (QED) is 0.458. The van der Waals surface area contributed by atoms with E-state index in [0.29, 0.717) is 16.8 Å². The molecule has 4 aromatic rings. The van der Waals surface area contributed by atoms with Gasteiger partial charge in [-0.1, -0.05) is 48.5 Å². The summed E-state index contributed by atoms with van der Waals surface area (Å²) in [5, 5.41) is 14.3. The minimum atomic E-state index is -1.20. The van der Waals surface area contributed by atoms with Crippen molar-refractivity contribution in [2.45, 2.75) is 20.0 Å². The van der Waals surface area contributed by atoms with Gasteiger partial charge in [0, 0.05) is 12.4 Å². The number of benzene rings is 3. The Morgan fingerprint density at radius 1 is 1.00 bits per heavy atom. The predicted molar refractivity (Wildman–Crippen MR) is 125 cm³/mol. The van der Waals surface area contributed by atoms with Gasteiger partial charge in [0.2, 0.25) is 0 Å². The number of hydrogen-bond donors (Lipinski definition) is 2. The molecule has 8 nitrogen and oxygen atoms in total. The van der Waals surface area contributed by atoms with E-state index in [4.69, 9.17) is 4.74 Å². The zero-order valence-electron chi connectivity index (χ0n) is 18.4. The molecule has 0 saturated carbocycles. The third-order valence-electron chi connectivity index (χ3n) is 5.58. The van der Waals surface area contributed by atoms with Crippen molar-refractivity contribution in [3.63, 3.8) is 0 Å². The van der Waals surface area contributed by atoms with Crippen LogP contribution in [0.5, 0.6) is 5.75 Å². The Balaban J connectivity index is 1.54. The smallest absolute Gasteiger partial charge is 0.342 e. The zero-order chi connectivity index (χ0) is 23.7. The second kappa shape index (κ2) is 8.66. The summed E-state index contributed by atoms with van der Waals surface area (Å²) in [7, 11) is 1.71. The number of ether oxygens (including phenoxy) is 1. The van der Waals surface area contributed by atoms with E-state index in [9.17, 15) is 19.5 Å². The fraction of sp³-hybridized carbons (Fsp3) is 0.160. The molecule has 2 N–H and O–H groups in total. The Bertz CT molecular complexity index is 1420. The van der Waals surface area contributed by atoms with Crippen LogP contribution in [-0.2, 0) is 16.6 Å². The summed E-state index contributed by atoms with van der Waals surface area (Å²) in [5.41, 5.74) is 0.849. The number of phenols is 1. The molecule has 0 radical (unpaired) electrons.